The van der Waals surface area contributed by atoms with Crippen molar-refractivity contribution in [3.63, 3.8) is 0 Å². The Morgan fingerprint density at radius 3 is 2.46 bits per heavy atom. The van der Waals surface area contributed by atoms with Crippen LogP contribution in [0.5, 0.6) is 0 Å². The first-order valence-corrected chi connectivity index (χ1v) is 8.83. The van der Waals surface area contributed by atoms with Crippen LogP contribution in [0.3, 0.4) is 0 Å². The van der Waals surface area contributed by atoms with Crippen LogP contribution in [0.1, 0.15) is 25.3 Å². The second-order valence-corrected chi connectivity index (χ2v) is 6.75. The van der Waals surface area contributed by atoms with Crippen LogP contribution in [0.15, 0.2) is 30.3 Å². The summed E-state index contributed by atoms with van der Waals surface area (Å²) in [5.41, 5.74) is 1.24. The van der Waals surface area contributed by atoms with E-state index in [0.717, 1.165) is 19.3 Å². The fraction of sp³-hybridized carbons (Fsp3) is 0.579. The molecule has 0 aromatic heterocycles. The summed E-state index contributed by atoms with van der Waals surface area (Å²) in [7, 11) is 0. The molecule has 24 heavy (non-hydrogen) atoms. The summed E-state index contributed by atoms with van der Waals surface area (Å²) in [5, 5.41) is 0. The van der Waals surface area contributed by atoms with E-state index in [-0.39, 0.29) is 23.8 Å². The molecule has 5 nitrogen and oxygen atoms in total. The third-order valence-corrected chi connectivity index (χ3v) is 5.05. The van der Waals surface area contributed by atoms with Crippen LogP contribution in [0.25, 0.3) is 0 Å². The van der Waals surface area contributed by atoms with Gasteiger partial charge in [-0.15, -0.1) is 0 Å². The van der Waals surface area contributed by atoms with E-state index in [1.54, 1.807) is 6.92 Å². The van der Waals surface area contributed by atoms with Crippen LogP contribution in [0, 0.1) is 5.92 Å². The zero-order valence-electron chi connectivity index (χ0n) is 14.3. The van der Waals surface area contributed by atoms with Gasteiger partial charge in [0.2, 0.25) is 11.8 Å². The monoisotopic (exact) mass is 330 g/mol. The van der Waals surface area contributed by atoms with Gasteiger partial charge in [0, 0.05) is 45.4 Å². The second-order valence-electron chi connectivity index (χ2n) is 6.75. The summed E-state index contributed by atoms with van der Waals surface area (Å²) in [6.07, 6.45) is 2.47. The van der Waals surface area contributed by atoms with Crippen molar-refractivity contribution in [2.45, 2.75) is 32.3 Å². The largest absolute Gasteiger partial charge is 0.374 e. The Bertz CT molecular complexity index is 567. The Morgan fingerprint density at radius 2 is 1.79 bits per heavy atom. The van der Waals surface area contributed by atoms with Crippen LogP contribution in [0.2, 0.25) is 0 Å². The average molecular weight is 330 g/mol. The van der Waals surface area contributed by atoms with Crippen LogP contribution < -0.4 is 0 Å². The first-order valence-electron chi connectivity index (χ1n) is 8.83. The van der Waals surface area contributed by atoms with E-state index in [9.17, 15) is 9.59 Å². The minimum atomic E-state index is 0.0519. The fourth-order valence-electron chi connectivity index (χ4n) is 3.62. The lowest BCUT2D eigenvalue weighted by Gasteiger charge is -2.37. The maximum atomic E-state index is 12.8. The van der Waals surface area contributed by atoms with Gasteiger partial charge >= 0.3 is 0 Å². The lowest BCUT2D eigenvalue weighted by molar-refractivity contribution is -0.146. The highest BCUT2D eigenvalue weighted by atomic mass is 16.5. The Balaban J connectivity index is 1.53. The molecule has 130 valence electrons. The third-order valence-electron chi connectivity index (χ3n) is 5.05. The number of rotatable bonds is 3. The number of ether oxygens (including phenoxy) is 1. The minimum Gasteiger partial charge on any atom is -0.374 e. The van der Waals surface area contributed by atoms with E-state index in [1.165, 1.54) is 5.56 Å². The maximum Gasteiger partial charge on any atom is 0.225 e. The van der Waals surface area contributed by atoms with Gasteiger partial charge in [0.05, 0.1) is 12.7 Å². The molecule has 3 rings (SSSR count). The molecule has 1 aromatic carbocycles. The number of hydrogen-bond acceptors (Lipinski definition) is 3. The van der Waals surface area contributed by atoms with Crippen LogP contribution >= 0.6 is 0 Å². The molecular formula is C19H26N2O3. The molecule has 2 heterocycles. The Kier molecular flexibility index (Phi) is 5.51. The normalized spacial score (nSPS) is 22.5. The molecule has 2 fully saturated rings. The summed E-state index contributed by atoms with van der Waals surface area (Å²) < 4.78 is 5.85. The highest BCUT2D eigenvalue weighted by Crippen LogP contribution is 2.22. The van der Waals surface area contributed by atoms with Crippen LogP contribution in [-0.2, 0) is 20.7 Å². The standard InChI is InChI=1S/C19H26N2O3/c1-15(22)20-9-7-17(8-10-20)19(23)21-11-12-24-18(14-21)13-16-5-3-2-4-6-16/h2-6,17-18H,7-14H2,1H3. The van der Waals surface area contributed by atoms with Gasteiger partial charge in [0.15, 0.2) is 0 Å². The van der Waals surface area contributed by atoms with E-state index < -0.39 is 0 Å². The summed E-state index contributed by atoms with van der Waals surface area (Å²) >= 11 is 0. The van der Waals surface area contributed by atoms with Crippen molar-refractivity contribution in [3.05, 3.63) is 35.9 Å². The van der Waals surface area contributed by atoms with Crippen LogP contribution in [0.4, 0.5) is 0 Å². The van der Waals surface area contributed by atoms with Crippen molar-refractivity contribution in [1.29, 1.82) is 0 Å². The molecule has 0 aliphatic carbocycles. The number of morpholine rings is 1. The lowest BCUT2D eigenvalue weighted by Crippen LogP contribution is -2.50. The predicted molar refractivity (Wildman–Crippen MR) is 91.4 cm³/mol. The van der Waals surface area contributed by atoms with Gasteiger partial charge in [-0.05, 0) is 18.4 Å². The third kappa shape index (κ3) is 4.15. The molecule has 0 N–H and O–H groups in total. The molecule has 2 amide bonds. The zero-order chi connectivity index (χ0) is 16.9. The predicted octanol–water partition coefficient (Wildman–Crippen LogP) is 1.71. The number of nitrogens with zero attached hydrogens (tertiary/aromatic N) is 2. The number of amides is 2. The van der Waals surface area contributed by atoms with E-state index in [4.69, 9.17) is 4.74 Å². The second kappa shape index (κ2) is 7.79. The van der Waals surface area contributed by atoms with E-state index >= 15 is 0 Å². The van der Waals surface area contributed by atoms with Crippen molar-refractivity contribution in [2.75, 3.05) is 32.8 Å². The van der Waals surface area contributed by atoms with E-state index in [2.05, 4.69) is 12.1 Å². The maximum absolute atomic E-state index is 12.8. The summed E-state index contributed by atoms with van der Waals surface area (Å²) in [6.45, 7) is 4.94. The van der Waals surface area contributed by atoms with E-state index in [1.807, 2.05) is 28.0 Å². The number of hydrogen-bond donors (Lipinski definition) is 0. The van der Waals surface area contributed by atoms with Crippen molar-refractivity contribution >= 4 is 11.8 Å². The van der Waals surface area contributed by atoms with E-state index in [0.29, 0.717) is 32.8 Å². The zero-order valence-corrected chi connectivity index (χ0v) is 14.3. The first-order chi connectivity index (χ1) is 11.6. The van der Waals surface area contributed by atoms with Gasteiger partial charge in [-0.2, -0.15) is 0 Å². The van der Waals surface area contributed by atoms with Crippen molar-refractivity contribution in [3.8, 4) is 0 Å². The van der Waals surface area contributed by atoms with Crippen molar-refractivity contribution < 1.29 is 14.3 Å². The number of likely N-dealkylation sites (tertiary alicyclic amines) is 1. The van der Waals surface area contributed by atoms with Crippen LogP contribution in [-0.4, -0.2) is 60.5 Å². The molecule has 1 unspecified atom stereocenters. The Hall–Kier alpha value is -1.88. The topological polar surface area (TPSA) is 49.9 Å². The van der Waals surface area contributed by atoms with Crippen molar-refractivity contribution in [1.82, 2.24) is 9.80 Å². The molecule has 2 aliphatic heterocycles. The molecule has 0 spiro atoms. The average Bonchev–Trinajstić information content (AvgIpc) is 2.62. The lowest BCUT2D eigenvalue weighted by atomic mass is 9.94. The fourth-order valence-corrected chi connectivity index (χ4v) is 3.62. The number of benzene rings is 1. The molecular weight excluding hydrogens is 304 g/mol. The smallest absolute Gasteiger partial charge is 0.225 e. The van der Waals surface area contributed by atoms with Gasteiger partial charge in [-0.1, -0.05) is 30.3 Å². The molecule has 2 saturated heterocycles. The first kappa shape index (κ1) is 17.0. The molecule has 5 heteroatoms. The SMILES string of the molecule is CC(=O)N1CCC(C(=O)N2CCOC(Cc3ccccc3)C2)CC1. The van der Waals surface area contributed by atoms with Gasteiger partial charge in [0.1, 0.15) is 0 Å². The Labute approximate surface area is 143 Å². The number of carbonyl (C=O) groups is 2. The summed E-state index contributed by atoms with van der Waals surface area (Å²) in [4.78, 5) is 28.0. The van der Waals surface area contributed by atoms with Gasteiger partial charge in [0.25, 0.3) is 0 Å². The highest BCUT2D eigenvalue weighted by Gasteiger charge is 2.32. The highest BCUT2D eigenvalue weighted by molar-refractivity contribution is 5.80. The molecule has 0 bridgehead atoms. The summed E-state index contributed by atoms with van der Waals surface area (Å²) in [5.74, 6) is 0.394. The molecule has 1 aromatic rings. The Morgan fingerprint density at radius 1 is 1.08 bits per heavy atom. The van der Waals surface area contributed by atoms with Gasteiger partial charge < -0.3 is 14.5 Å². The number of carbonyl (C=O) groups excluding carboxylic acids is 2. The molecule has 1 atom stereocenters. The quantitative estimate of drug-likeness (QED) is 0.848. The van der Waals surface area contributed by atoms with Crippen molar-refractivity contribution in [2.24, 2.45) is 5.92 Å². The van der Waals surface area contributed by atoms with Gasteiger partial charge in [-0.3, -0.25) is 9.59 Å². The summed E-state index contributed by atoms with van der Waals surface area (Å²) in [6, 6.07) is 10.3. The number of piperidine rings is 1. The molecule has 0 saturated carbocycles. The molecule has 2 aliphatic rings. The molecule has 0 radical (unpaired) electrons. The van der Waals surface area contributed by atoms with Gasteiger partial charge in [-0.25, -0.2) is 0 Å². The minimum absolute atomic E-state index is 0.0519.